The Labute approximate surface area is 116 Å². The Morgan fingerprint density at radius 1 is 1.28 bits per heavy atom. The van der Waals surface area contributed by atoms with Crippen molar-refractivity contribution in [1.82, 2.24) is 10.2 Å². The average molecular weight is 277 g/mol. The van der Waals surface area contributed by atoms with Crippen LogP contribution < -0.4 is 5.32 Å². The summed E-state index contributed by atoms with van der Waals surface area (Å²) in [5.41, 5.74) is -0.222. The fourth-order valence-corrected chi connectivity index (χ4v) is 2.83. The second kappa shape index (κ2) is 5.66. The van der Waals surface area contributed by atoms with Crippen LogP contribution in [0.25, 0.3) is 0 Å². The fourth-order valence-electron chi connectivity index (χ4n) is 2.83. The van der Waals surface area contributed by atoms with Gasteiger partial charge in [0.2, 0.25) is 0 Å². The molecule has 0 bridgehead atoms. The maximum atomic E-state index is 12.0. The zero-order valence-electron chi connectivity index (χ0n) is 11.6. The van der Waals surface area contributed by atoms with Gasteiger partial charge in [-0.25, -0.2) is 4.79 Å². The van der Waals surface area contributed by atoms with Gasteiger partial charge in [0.05, 0.1) is 0 Å². The largest absolute Gasteiger partial charge is 0.444 e. The van der Waals surface area contributed by atoms with Crippen LogP contribution in [0.2, 0.25) is 0 Å². The molecule has 1 saturated carbocycles. The summed E-state index contributed by atoms with van der Waals surface area (Å²) < 4.78 is 5.44. The van der Waals surface area contributed by atoms with Crippen molar-refractivity contribution in [1.29, 1.82) is 0 Å². The number of halogens is 1. The number of hydrogen-bond acceptors (Lipinski definition) is 3. The molecule has 0 aromatic rings. The molecule has 0 unspecified atom stereocenters. The Morgan fingerprint density at radius 3 is 2.44 bits per heavy atom. The molecule has 1 aliphatic heterocycles. The molecular formula is C13H25ClN2O2. The van der Waals surface area contributed by atoms with E-state index < -0.39 is 5.60 Å². The standard InChI is InChI=1S/C13H24N2O2.ClH/c1-12(2,3)17-11(16)15-9-8-14-13(10-15)6-4-5-7-13;/h14H,4-10H2,1-3H3;1H. The molecule has 1 aliphatic carbocycles. The topological polar surface area (TPSA) is 41.6 Å². The van der Waals surface area contributed by atoms with E-state index in [1.165, 1.54) is 25.7 Å². The number of amides is 1. The molecule has 1 heterocycles. The first-order valence-corrected chi connectivity index (χ1v) is 6.63. The SMILES string of the molecule is CC(C)(C)OC(=O)N1CCNC2(CCCC2)C1.Cl. The summed E-state index contributed by atoms with van der Waals surface area (Å²) in [7, 11) is 0. The molecule has 1 spiro atoms. The highest BCUT2D eigenvalue weighted by molar-refractivity contribution is 5.85. The molecular weight excluding hydrogens is 252 g/mol. The zero-order chi connectivity index (χ0) is 12.5. The smallest absolute Gasteiger partial charge is 0.410 e. The summed E-state index contributed by atoms with van der Waals surface area (Å²) in [5.74, 6) is 0. The van der Waals surface area contributed by atoms with Crippen molar-refractivity contribution in [3.05, 3.63) is 0 Å². The van der Waals surface area contributed by atoms with Crippen LogP contribution >= 0.6 is 12.4 Å². The van der Waals surface area contributed by atoms with E-state index in [0.717, 1.165) is 19.6 Å². The van der Waals surface area contributed by atoms with E-state index in [0.29, 0.717) is 0 Å². The zero-order valence-corrected chi connectivity index (χ0v) is 12.4. The quantitative estimate of drug-likeness (QED) is 0.739. The van der Waals surface area contributed by atoms with Crippen LogP contribution in [-0.2, 0) is 4.74 Å². The van der Waals surface area contributed by atoms with Gasteiger partial charge in [0.1, 0.15) is 5.60 Å². The van der Waals surface area contributed by atoms with E-state index in [9.17, 15) is 4.79 Å². The van der Waals surface area contributed by atoms with E-state index in [1.54, 1.807) is 0 Å². The molecule has 18 heavy (non-hydrogen) atoms. The van der Waals surface area contributed by atoms with Crippen molar-refractivity contribution in [2.45, 2.75) is 57.6 Å². The third kappa shape index (κ3) is 3.75. The fraction of sp³-hybridized carbons (Fsp3) is 0.923. The summed E-state index contributed by atoms with van der Waals surface area (Å²) in [6.07, 6.45) is 4.76. The molecule has 1 N–H and O–H groups in total. The number of nitrogens with zero attached hydrogens (tertiary/aromatic N) is 1. The number of piperazine rings is 1. The first-order valence-electron chi connectivity index (χ1n) is 6.63. The summed E-state index contributed by atoms with van der Waals surface area (Å²) in [6, 6.07) is 0. The predicted octanol–water partition coefficient (Wildman–Crippen LogP) is 2.56. The molecule has 0 aromatic heterocycles. The molecule has 1 amide bonds. The van der Waals surface area contributed by atoms with Gasteiger partial charge in [0.25, 0.3) is 0 Å². The third-order valence-corrected chi connectivity index (χ3v) is 3.59. The van der Waals surface area contributed by atoms with E-state index in [1.807, 2.05) is 25.7 Å². The average Bonchev–Trinajstić information content (AvgIpc) is 2.64. The van der Waals surface area contributed by atoms with Gasteiger partial charge in [-0.15, -0.1) is 12.4 Å². The molecule has 5 heteroatoms. The Hall–Kier alpha value is -0.480. The summed E-state index contributed by atoms with van der Waals surface area (Å²) in [4.78, 5) is 13.9. The van der Waals surface area contributed by atoms with Crippen LogP contribution in [0.4, 0.5) is 4.79 Å². The molecule has 106 valence electrons. The maximum Gasteiger partial charge on any atom is 0.410 e. The number of nitrogens with one attached hydrogen (secondary N) is 1. The number of rotatable bonds is 0. The molecule has 2 aliphatic rings. The molecule has 2 fully saturated rings. The van der Waals surface area contributed by atoms with Crippen molar-refractivity contribution in [2.75, 3.05) is 19.6 Å². The molecule has 4 nitrogen and oxygen atoms in total. The van der Waals surface area contributed by atoms with Crippen LogP contribution in [0.3, 0.4) is 0 Å². The van der Waals surface area contributed by atoms with Crippen LogP contribution in [0.15, 0.2) is 0 Å². The Kier molecular flexibility index (Phi) is 4.90. The van der Waals surface area contributed by atoms with Gasteiger partial charge in [-0.1, -0.05) is 12.8 Å². The summed E-state index contributed by atoms with van der Waals surface area (Å²) in [6.45, 7) is 8.20. The lowest BCUT2D eigenvalue weighted by Crippen LogP contribution is -2.60. The van der Waals surface area contributed by atoms with E-state index in [-0.39, 0.29) is 24.0 Å². The first kappa shape index (κ1) is 15.6. The second-order valence-corrected chi connectivity index (χ2v) is 6.32. The van der Waals surface area contributed by atoms with Gasteiger partial charge in [-0.3, -0.25) is 0 Å². The number of hydrogen-bond donors (Lipinski definition) is 1. The van der Waals surface area contributed by atoms with Gasteiger partial charge < -0.3 is 15.0 Å². The Balaban J connectivity index is 0.00000162. The Morgan fingerprint density at radius 2 is 1.89 bits per heavy atom. The minimum Gasteiger partial charge on any atom is -0.444 e. The minimum atomic E-state index is -0.398. The van der Waals surface area contributed by atoms with E-state index in [4.69, 9.17) is 4.74 Å². The molecule has 0 aromatic carbocycles. The monoisotopic (exact) mass is 276 g/mol. The van der Waals surface area contributed by atoms with Crippen molar-refractivity contribution in [3.63, 3.8) is 0 Å². The highest BCUT2D eigenvalue weighted by Gasteiger charge is 2.39. The number of carbonyl (C=O) groups is 1. The van der Waals surface area contributed by atoms with Gasteiger partial charge in [-0.05, 0) is 33.6 Å². The normalized spacial score (nSPS) is 22.7. The third-order valence-electron chi connectivity index (χ3n) is 3.59. The highest BCUT2D eigenvalue weighted by atomic mass is 35.5. The van der Waals surface area contributed by atoms with Crippen LogP contribution in [0.5, 0.6) is 0 Å². The lowest BCUT2D eigenvalue weighted by molar-refractivity contribution is 0.0127. The molecule has 1 saturated heterocycles. The van der Waals surface area contributed by atoms with E-state index in [2.05, 4.69) is 5.32 Å². The van der Waals surface area contributed by atoms with Crippen molar-refractivity contribution in [3.8, 4) is 0 Å². The lowest BCUT2D eigenvalue weighted by Gasteiger charge is -2.41. The predicted molar refractivity (Wildman–Crippen MR) is 74.3 cm³/mol. The summed E-state index contributed by atoms with van der Waals surface area (Å²) in [5, 5.41) is 3.59. The van der Waals surface area contributed by atoms with Crippen LogP contribution in [0.1, 0.15) is 46.5 Å². The highest BCUT2D eigenvalue weighted by Crippen LogP contribution is 2.32. The first-order chi connectivity index (χ1) is 7.90. The lowest BCUT2D eigenvalue weighted by atomic mass is 9.95. The van der Waals surface area contributed by atoms with Crippen LogP contribution in [-0.4, -0.2) is 41.8 Å². The number of ether oxygens (including phenoxy) is 1. The Bertz CT molecular complexity index is 296. The van der Waals surface area contributed by atoms with E-state index >= 15 is 0 Å². The van der Waals surface area contributed by atoms with Gasteiger partial charge >= 0.3 is 6.09 Å². The van der Waals surface area contributed by atoms with Crippen molar-refractivity contribution >= 4 is 18.5 Å². The molecule has 0 radical (unpaired) electrons. The summed E-state index contributed by atoms with van der Waals surface area (Å²) >= 11 is 0. The molecule has 0 atom stereocenters. The van der Waals surface area contributed by atoms with Gasteiger partial charge in [0, 0.05) is 25.2 Å². The minimum absolute atomic E-state index is 0. The maximum absolute atomic E-state index is 12.0. The van der Waals surface area contributed by atoms with Gasteiger partial charge in [0.15, 0.2) is 0 Å². The van der Waals surface area contributed by atoms with Gasteiger partial charge in [-0.2, -0.15) is 0 Å². The number of carbonyl (C=O) groups excluding carboxylic acids is 1. The van der Waals surface area contributed by atoms with Crippen molar-refractivity contribution in [2.24, 2.45) is 0 Å². The molecule has 2 rings (SSSR count). The van der Waals surface area contributed by atoms with Crippen molar-refractivity contribution < 1.29 is 9.53 Å². The van der Waals surface area contributed by atoms with Crippen LogP contribution in [0, 0.1) is 0 Å². The second-order valence-electron chi connectivity index (χ2n) is 6.32.